The third-order valence-corrected chi connectivity index (χ3v) is 20.2. The molecular weight excluding hydrogens is 725 g/mol. The number of likely N-dealkylation sites (tertiary alicyclic amines) is 1. The highest BCUT2D eigenvalue weighted by Gasteiger charge is 2.43. The Kier molecular flexibility index (Phi) is 17.2. The number of hydrogen-bond acceptors (Lipinski definition) is 5. The van der Waals surface area contributed by atoms with Crippen molar-refractivity contribution in [2.75, 3.05) is 47.0 Å². The molecule has 0 spiro atoms. The Labute approximate surface area is 328 Å². The van der Waals surface area contributed by atoms with E-state index in [0.29, 0.717) is 69.5 Å². The highest BCUT2D eigenvalue weighted by molar-refractivity contribution is 6.80. The summed E-state index contributed by atoms with van der Waals surface area (Å²) in [7, 11) is 0.668. The van der Waals surface area contributed by atoms with Gasteiger partial charge >= 0.3 is 12.1 Å². The van der Waals surface area contributed by atoms with Crippen molar-refractivity contribution in [1.29, 1.82) is 0 Å². The maximum atomic E-state index is 15.5. The molecule has 3 atom stereocenters. The average Bonchev–Trinajstić information content (AvgIpc) is 3.07. The van der Waals surface area contributed by atoms with Crippen LogP contribution in [0, 0.1) is 23.6 Å². The number of unbranched alkanes of at least 4 members (excludes halogenated alkanes) is 1. The van der Waals surface area contributed by atoms with Gasteiger partial charge in [-0.15, -0.1) is 0 Å². The Hall–Kier alpha value is -1.67. The summed E-state index contributed by atoms with van der Waals surface area (Å²) in [6.45, 7) is 21.2. The fourth-order valence-electron chi connectivity index (χ4n) is 8.10. The van der Waals surface area contributed by atoms with E-state index in [1.165, 1.54) is 25.0 Å². The van der Waals surface area contributed by atoms with Gasteiger partial charge < -0.3 is 29.7 Å². The first kappa shape index (κ1) is 45.7. The van der Waals surface area contributed by atoms with Crippen LogP contribution in [-0.2, 0) is 15.1 Å². The number of piperidine rings is 1. The predicted octanol–water partition coefficient (Wildman–Crippen LogP) is 10.4. The van der Waals surface area contributed by atoms with Crippen molar-refractivity contribution in [2.24, 2.45) is 17.8 Å². The van der Waals surface area contributed by atoms with Gasteiger partial charge in [-0.25, -0.2) is 14.0 Å². The zero-order valence-corrected chi connectivity index (χ0v) is 37.5. The number of nitrogens with zero attached hydrogens (tertiary/aromatic N) is 2. The minimum Gasteiger partial charge on any atom is -0.450 e. The molecule has 3 amide bonds. The quantitative estimate of drug-likeness (QED) is 0.121. The summed E-state index contributed by atoms with van der Waals surface area (Å²) in [5.41, 5.74) is -1.31. The predicted molar refractivity (Wildman–Crippen MR) is 222 cm³/mol. The second-order valence-electron chi connectivity index (χ2n) is 19.2. The van der Waals surface area contributed by atoms with Crippen LogP contribution in [0.1, 0.15) is 90.5 Å². The Morgan fingerprint density at radius 1 is 1.06 bits per heavy atom. The van der Waals surface area contributed by atoms with E-state index in [2.05, 4.69) is 58.8 Å². The number of carbonyl (C=O) groups is 2. The molecule has 1 saturated carbocycles. The van der Waals surface area contributed by atoms with E-state index >= 15 is 4.39 Å². The first-order valence-electron chi connectivity index (χ1n) is 20.3. The number of aliphatic hydroxyl groups is 1. The lowest BCUT2D eigenvalue weighted by Gasteiger charge is -2.43. The van der Waals surface area contributed by atoms with Crippen LogP contribution < -0.4 is 5.32 Å². The maximum absolute atomic E-state index is 15.5. The topological polar surface area (TPSA) is 91.3 Å². The Bertz CT molecular complexity index is 1320. The van der Waals surface area contributed by atoms with Gasteiger partial charge in [0.1, 0.15) is 5.82 Å². The summed E-state index contributed by atoms with van der Waals surface area (Å²) in [5.74, 6) is 0.233. The molecule has 1 heterocycles. The summed E-state index contributed by atoms with van der Waals surface area (Å²) >= 11 is 6.21. The van der Waals surface area contributed by atoms with Crippen LogP contribution in [0.3, 0.4) is 0 Å². The lowest BCUT2D eigenvalue weighted by molar-refractivity contribution is -0.0588. The summed E-state index contributed by atoms with van der Waals surface area (Å²) in [5, 5.41) is 16.0. The minimum absolute atomic E-state index is 0.0248. The molecule has 2 fully saturated rings. The SMILES string of the molecule is COCCCC[C@@](O)(c1cccc(Cl)c1F)[C@@H]1CCCN(C(=O)N[C@@H](CC2CCC(C[Si](C)(C)C(C)(C)C)CC2)CN(C)C(=O)OCC[Si](C)(C)C)C1. The van der Waals surface area contributed by atoms with Crippen molar-refractivity contribution in [3.63, 3.8) is 0 Å². The Morgan fingerprint density at radius 3 is 2.34 bits per heavy atom. The fraction of sp³-hybridized carbons (Fsp3) is 0.805. The van der Waals surface area contributed by atoms with Gasteiger partial charge in [0.25, 0.3) is 0 Å². The highest BCUT2D eigenvalue weighted by atomic mass is 35.5. The minimum atomic E-state index is -1.50. The number of nitrogens with one attached hydrogen (secondary N) is 1. The summed E-state index contributed by atoms with van der Waals surface area (Å²) in [6, 6.07) is 6.57. The normalized spacial score (nSPS) is 21.8. The van der Waals surface area contributed by atoms with Gasteiger partial charge in [-0.3, -0.25) is 0 Å². The van der Waals surface area contributed by atoms with E-state index < -0.39 is 27.6 Å². The third kappa shape index (κ3) is 13.8. The molecule has 1 aromatic rings. The zero-order valence-electron chi connectivity index (χ0n) is 34.8. The van der Waals surface area contributed by atoms with Crippen molar-refractivity contribution >= 4 is 39.9 Å². The number of rotatable bonds is 17. The molecule has 0 bridgehead atoms. The van der Waals surface area contributed by atoms with Gasteiger partial charge in [0.15, 0.2) is 0 Å². The number of amides is 3. The van der Waals surface area contributed by atoms with Gasteiger partial charge in [-0.1, -0.05) is 109 Å². The molecule has 8 nitrogen and oxygen atoms in total. The van der Waals surface area contributed by atoms with Crippen molar-refractivity contribution in [3.8, 4) is 0 Å². The number of halogens is 2. The molecule has 1 aromatic carbocycles. The van der Waals surface area contributed by atoms with Crippen LogP contribution in [0.5, 0.6) is 0 Å². The fourth-order valence-corrected chi connectivity index (χ4v) is 11.4. The number of urea groups is 1. The van der Waals surface area contributed by atoms with Crippen LogP contribution >= 0.6 is 11.6 Å². The molecule has 3 rings (SSSR count). The highest BCUT2D eigenvalue weighted by Crippen LogP contribution is 2.45. The van der Waals surface area contributed by atoms with Gasteiger partial charge in [0.05, 0.1) is 25.3 Å². The van der Waals surface area contributed by atoms with Crippen LogP contribution in [0.25, 0.3) is 0 Å². The zero-order chi connectivity index (χ0) is 39.6. The molecular formula is C41H73ClFN3O5Si2. The van der Waals surface area contributed by atoms with Crippen molar-refractivity contribution < 1.29 is 28.6 Å². The second-order valence-corrected chi connectivity index (χ2v) is 30.9. The van der Waals surface area contributed by atoms with Gasteiger partial charge in [-0.2, -0.15) is 0 Å². The standard InChI is InChI=1S/C41H73ClFN3O5Si2/c1-40(2,3)53(9,10)30-32-20-18-31(19-21-32)27-34(29-45(4)39(48)51-25-26-52(6,7)8)44-38(47)46-23-14-15-33(28-46)41(49,22-11-12-24-50-5)35-16-13-17-36(42)37(35)43/h13,16-17,31-34,49H,11-12,14-15,18-30H2,1-10H3,(H,44,47)/t31?,32?,33-,34+,41+/m1/s1. The smallest absolute Gasteiger partial charge is 0.409 e. The molecule has 53 heavy (non-hydrogen) atoms. The van der Waals surface area contributed by atoms with E-state index in [0.717, 1.165) is 37.6 Å². The summed E-state index contributed by atoms with van der Waals surface area (Å²) in [4.78, 5) is 30.6. The third-order valence-electron chi connectivity index (χ3n) is 12.6. The van der Waals surface area contributed by atoms with E-state index in [4.69, 9.17) is 21.1 Å². The number of ether oxygens (including phenoxy) is 2. The van der Waals surface area contributed by atoms with Crippen LogP contribution in [0.15, 0.2) is 18.2 Å². The van der Waals surface area contributed by atoms with E-state index in [9.17, 15) is 14.7 Å². The second kappa shape index (κ2) is 20.0. The largest absolute Gasteiger partial charge is 0.450 e. The molecule has 0 aromatic heterocycles. The van der Waals surface area contributed by atoms with Gasteiger partial charge in [-0.05, 0) is 67.5 Å². The van der Waals surface area contributed by atoms with Crippen LogP contribution in [0.4, 0.5) is 14.0 Å². The van der Waals surface area contributed by atoms with Crippen molar-refractivity contribution in [2.45, 2.75) is 146 Å². The maximum Gasteiger partial charge on any atom is 0.409 e. The number of methoxy groups -OCH3 is 1. The van der Waals surface area contributed by atoms with Crippen molar-refractivity contribution in [3.05, 3.63) is 34.6 Å². The molecule has 0 unspecified atom stereocenters. The lowest BCUT2D eigenvalue weighted by atomic mass is 9.74. The first-order chi connectivity index (χ1) is 24.7. The van der Waals surface area contributed by atoms with Crippen LogP contribution in [0.2, 0.25) is 54.9 Å². The Morgan fingerprint density at radius 2 is 1.72 bits per heavy atom. The van der Waals surface area contributed by atoms with E-state index in [1.54, 1.807) is 36.1 Å². The van der Waals surface area contributed by atoms with Crippen LogP contribution in [-0.4, -0.2) is 96.2 Å². The van der Waals surface area contributed by atoms with Gasteiger partial charge in [0, 0.05) is 66.0 Å². The average molecular weight is 799 g/mol. The van der Waals surface area contributed by atoms with Gasteiger partial charge in [0.2, 0.25) is 0 Å². The molecule has 1 saturated heterocycles. The molecule has 12 heteroatoms. The molecule has 2 N–H and O–H groups in total. The number of benzene rings is 1. The molecule has 304 valence electrons. The molecule has 1 aliphatic heterocycles. The molecule has 1 aliphatic carbocycles. The summed E-state index contributed by atoms with van der Waals surface area (Å²) < 4.78 is 26.4. The number of likely N-dealkylation sites (N-methyl/N-ethyl adjacent to an activating group) is 1. The van der Waals surface area contributed by atoms with E-state index in [-0.39, 0.29) is 34.7 Å². The number of carbonyl (C=O) groups excluding carboxylic acids is 2. The monoisotopic (exact) mass is 797 g/mol. The Balaban J connectivity index is 1.75. The summed E-state index contributed by atoms with van der Waals surface area (Å²) in [6.07, 6.45) is 8.15. The van der Waals surface area contributed by atoms with Crippen molar-refractivity contribution in [1.82, 2.24) is 15.1 Å². The molecule has 2 aliphatic rings. The molecule has 0 radical (unpaired) electrons. The first-order valence-corrected chi connectivity index (χ1v) is 27.5. The number of hydrogen-bond donors (Lipinski definition) is 2. The van der Waals surface area contributed by atoms with E-state index in [1.807, 2.05) is 0 Å². The lowest BCUT2D eigenvalue weighted by Crippen LogP contribution is -2.54.